The molecule has 0 aromatic heterocycles. The first kappa shape index (κ1) is 15.6. The lowest BCUT2D eigenvalue weighted by Crippen LogP contribution is -2.21. The van der Waals surface area contributed by atoms with Crippen molar-refractivity contribution in [3.05, 3.63) is 65.7 Å². The van der Waals surface area contributed by atoms with E-state index < -0.39 is 0 Å². The number of rotatable bonds is 8. The molecular formula is C19H25NO. The van der Waals surface area contributed by atoms with E-state index in [2.05, 4.69) is 66.4 Å². The Morgan fingerprint density at radius 1 is 0.857 bits per heavy atom. The zero-order valence-corrected chi connectivity index (χ0v) is 12.8. The summed E-state index contributed by atoms with van der Waals surface area (Å²) in [7, 11) is 0. The van der Waals surface area contributed by atoms with Crippen LogP contribution in [0.1, 0.15) is 30.9 Å². The van der Waals surface area contributed by atoms with Crippen molar-refractivity contribution in [1.29, 1.82) is 0 Å². The van der Waals surface area contributed by atoms with Gasteiger partial charge in [-0.25, -0.2) is 0 Å². The molecule has 2 nitrogen and oxygen atoms in total. The van der Waals surface area contributed by atoms with E-state index in [1.807, 2.05) is 0 Å². The molecule has 0 fully saturated rings. The number of hydrogen-bond donors (Lipinski definition) is 1. The molecule has 2 aromatic rings. The van der Waals surface area contributed by atoms with Crippen molar-refractivity contribution in [2.24, 2.45) is 0 Å². The lowest BCUT2D eigenvalue weighted by Gasteiger charge is -2.23. The van der Waals surface area contributed by atoms with Gasteiger partial charge >= 0.3 is 0 Å². The van der Waals surface area contributed by atoms with Crippen LogP contribution in [-0.2, 0) is 13.0 Å². The van der Waals surface area contributed by atoms with Gasteiger partial charge in [-0.2, -0.15) is 0 Å². The van der Waals surface area contributed by atoms with E-state index in [4.69, 9.17) is 5.11 Å². The summed E-state index contributed by atoms with van der Waals surface area (Å²) in [5, 5.41) is 8.83. The molecule has 0 saturated heterocycles. The molecule has 2 aromatic carbocycles. The Labute approximate surface area is 128 Å². The number of nitrogens with zero attached hydrogens (tertiary/aromatic N) is 1. The second kappa shape index (κ2) is 8.48. The summed E-state index contributed by atoms with van der Waals surface area (Å²) in [6.07, 6.45) is 2.99. The van der Waals surface area contributed by atoms with E-state index in [1.54, 1.807) is 0 Å². The van der Waals surface area contributed by atoms with Crippen molar-refractivity contribution in [1.82, 2.24) is 0 Å². The van der Waals surface area contributed by atoms with Crippen molar-refractivity contribution >= 4 is 5.69 Å². The van der Waals surface area contributed by atoms with Gasteiger partial charge in [-0.15, -0.1) is 0 Å². The molecule has 0 radical (unpaired) electrons. The second-order valence-corrected chi connectivity index (χ2v) is 5.35. The molecule has 0 amide bonds. The van der Waals surface area contributed by atoms with E-state index in [1.165, 1.54) is 16.8 Å². The van der Waals surface area contributed by atoms with Crippen LogP contribution in [0.25, 0.3) is 0 Å². The van der Waals surface area contributed by atoms with Gasteiger partial charge in [0.1, 0.15) is 0 Å². The molecule has 0 aliphatic heterocycles. The summed E-state index contributed by atoms with van der Waals surface area (Å²) in [6.45, 7) is 4.43. The fraction of sp³-hybridized carbons (Fsp3) is 0.368. The summed E-state index contributed by atoms with van der Waals surface area (Å²) in [6, 6.07) is 19.4. The Kier molecular flexibility index (Phi) is 6.29. The molecule has 112 valence electrons. The van der Waals surface area contributed by atoms with Gasteiger partial charge in [-0.05, 0) is 49.4 Å². The van der Waals surface area contributed by atoms with Gasteiger partial charge in [-0.1, -0.05) is 42.5 Å². The summed E-state index contributed by atoms with van der Waals surface area (Å²) < 4.78 is 0. The molecule has 0 bridgehead atoms. The quantitative estimate of drug-likeness (QED) is 0.739. The molecule has 2 heteroatoms. The SMILES string of the molecule is CCN(Cc1ccccc1)c1ccc(CCCCO)cc1. The van der Waals surface area contributed by atoms with Gasteiger partial charge in [0.2, 0.25) is 0 Å². The minimum Gasteiger partial charge on any atom is -0.396 e. The van der Waals surface area contributed by atoms with Gasteiger partial charge in [0.15, 0.2) is 0 Å². The second-order valence-electron chi connectivity index (χ2n) is 5.35. The number of benzene rings is 2. The highest BCUT2D eigenvalue weighted by atomic mass is 16.2. The highest BCUT2D eigenvalue weighted by Crippen LogP contribution is 2.18. The van der Waals surface area contributed by atoms with Gasteiger partial charge < -0.3 is 10.0 Å². The summed E-state index contributed by atoms with van der Waals surface area (Å²) in [5.74, 6) is 0. The normalized spacial score (nSPS) is 10.6. The first-order valence-corrected chi connectivity index (χ1v) is 7.82. The average Bonchev–Trinajstić information content (AvgIpc) is 2.55. The molecule has 2 rings (SSSR count). The van der Waals surface area contributed by atoms with E-state index >= 15 is 0 Å². The van der Waals surface area contributed by atoms with Crippen molar-refractivity contribution < 1.29 is 5.11 Å². The molecule has 0 atom stereocenters. The zero-order valence-electron chi connectivity index (χ0n) is 12.8. The van der Waals surface area contributed by atoms with Crippen LogP contribution in [0.15, 0.2) is 54.6 Å². The average molecular weight is 283 g/mol. The maximum Gasteiger partial charge on any atom is 0.0431 e. The van der Waals surface area contributed by atoms with Gasteiger partial charge in [0.05, 0.1) is 0 Å². The van der Waals surface area contributed by atoms with Crippen LogP contribution in [0, 0.1) is 0 Å². The number of aliphatic hydroxyl groups excluding tert-OH is 1. The van der Waals surface area contributed by atoms with E-state index in [0.29, 0.717) is 6.61 Å². The van der Waals surface area contributed by atoms with E-state index in [-0.39, 0.29) is 0 Å². The lowest BCUT2D eigenvalue weighted by molar-refractivity contribution is 0.284. The van der Waals surface area contributed by atoms with E-state index in [0.717, 1.165) is 32.4 Å². The zero-order chi connectivity index (χ0) is 14.9. The molecule has 0 aliphatic rings. The summed E-state index contributed by atoms with van der Waals surface area (Å²) >= 11 is 0. The number of hydrogen-bond acceptors (Lipinski definition) is 2. The highest BCUT2D eigenvalue weighted by Gasteiger charge is 2.05. The minimum atomic E-state index is 0.290. The van der Waals surface area contributed by atoms with Crippen LogP contribution in [0.4, 0.5) is 5.69 Å². The van der Waals surface area contributed by atoms with Crippen molar-refractivity contribution in [2.75, 3.05) is 18.1 Å². The maximum absolute atomic E-state index is 8.83. The molecule has 0 aliphatic carbocycles. The fourth-order valence-corrected chi connectivity index (χ4v) is 2.50. The van der Waals surface area contributed by atoms with Crippen molar-refractivity contribution in [3.8, 4) is 0 Å². The Bertz CT molecular complexity index is 507. The first-order chi connectivity index (χ1) is 10.3. The van der Waals surface area contributed by atoms with Gasteiger partial charge in [0, 0.05) is 25.4 Å². The molecule has 1 N–H and O–H groups in total. The number of aliphatic hydroxyl groups is 1. The first-order valence-electron chi connectivity index (χ1n) is 7.82. The fourth-order valence-electron chi connectivity index (χ4n) is 2.50. The van der Waals surface area contributed by atoms with Crippen LogP contribution >= 0.6 is 0 Å². The minimum absolute atomic E-state index is 0.290. The smallest absolute Gasteiger partial charge is 0.0431 e. The Morgan fingerprint density at radius 3 is 2.19 bits per heavy atom. The highest BCUT2D eigenvalue weighted by molar-refractivity contribution is 5.48. The van der Waals surface area contributed by atoms with Gasteiger partial charge in [-0.3, -0.25) is 0 Å². The predicted octanol–water partition coefficient (Wildman–Crippen LogP) is 4.03. The Balaban J connectivity index is 1.98. The largest absolute Gasteiger partial charge is 0.396 e. The third kappa shape index (κ3) is 4.91. The van der Waals surface area contributed by atoms with Crippen LogP contribution < -0.4 is 4.90 Å². The van der Waals surface area contributed by atoms with Crippen LogP contribution in [-0.4, -0.2) is 18.3 Å². The summed E-state index contributed by atoms with van der Waals surface area (Å²) in [4.78, 5) is 2.38. The predicted molar refractivity (Wildman–Crippen MR) is 89.6 cm³/mol. The number of aryl methyl sites for hydroxylation is 1. The Hall–Kier alpha value is -1.80. The Morgan fingerprint density at radius 2 is 1.57 bits per heavy atom. The van der Waals surface area contributed by atoms with Crippen LogP contribution in [0.5, 0.6) is 0 Å². The van der Waals surface area contributed by atoms with E-state index in [9.17, 15) is 0 Å². The summed E-state index contributed by atoms with van der Waals surface area (Å²) in [5.41, 5.74) is 3.96. The van der Waals surface area contributed by atoms with Gasteiger partial charge in [0.25, 0.3) is 0 Å². The molecule has 0 unspecified atom stereocenters. The van der Waals surface area contributed by atoms with Crippen molar-refractivity contribution in [2.45, 2.75) is 32.7 Å². The molecule has 0 heterocycles. The molecule has 21 heavy (non-hydrogen) atoms. The standard InChI is InChI=1S/C19H25NO/c1-2-20(16-18-9-4-3-5-10-18)19-13-11-17(12-14-19)8-6-7-15-21/h3-5,9-14,21H,2,6-8,15-16H2,1H3. The number of unbranched alkanes of at least 4 members (excludes halogenated alkanes) is 1. The van der Waals surface area contributed by atoms with Crippen LogP contribution in [0.2, 0.25) is 0 Å². The van der Waals surface area contributed by atoms with Crippen molar-refractivity contribution in [3.63, 3.8) is 0 Å². The van der Waals surface area contributed by atoms with Crippen LogP contribution in [0.3, 0.4) is 0 Å². The topological polar surface area (TPSA) is 23.5 Å². The lowest BCUT2D eigenvalue weighted by atomic mass is 10.1. The molecule has 0 saturated carbocycles. The maximum atomic E-state index is 8.83. The third-order valence-corrected chi connectivity index (χ3v) is 3.77. The molecular weight excluding hydrogens is 258 g/mol. The third-order valence-electron chi connectivity index (χ3n) is 3.77. The number of anilines is 1. The monoisotopic (exact) mass is 283 g/mol. The molecule has 0 spiro atoms.